The summed E-state index contributed by atoms with van der Waals surface area (Å²) in [5.41, 5.74) is 2.53. The van der Waals surface area contributed by atoms with Gasteiger partial charge in [0.15, 0.2) is 11.5 Å². The Balaban J connectivity index is 1.60. The molecule has 1 spiro atoms. The fraction of sp³-hybridized carbons (Fsp3) is 0.591. The van der Waals surface area contributed by atoms with Crippen LogP contribution in [0.3, 0.4) is 0 Å². The minimum absolute atomic E-state index is 0.0393. The molecule has 1 N–H and O–H groups in total. The topological polar surface area (TPSA) is 43.0 Å². The van der Waals surface area contributed by atoms with Gasteiger partial charge in [0, 0.05) is 25.1 Å². The van der Waals surface area contributed by atoms with Crippen LogP contribution in [0.5, 0.6) is 11.5 Å². The van der Waals surface area contributed by atoms with Crippen molar-refractivity contribution in [3.8, 4) is 11.5 Å². The number of benzene rings is 1. The van der Waals surface area contributed by atoms with Gasteiger partial charge in [-0.25, -0.2) is 0 Å². The Morgan fingerprint density at radius 2 is 2.29 bits per heavy atom. The summed E-state index contributed by atoms with van der Waals surface area (Å²) in [4.78, 5) is 2.38. The summed E-state index contributed by atoms with van der Waals surface area (Å²) in [6.45, 7) is 4.98. The fourth-order valence-corrected chi connectivity index (χ4v) is 4.92. The molecule has 4 rings (SSSR count). The summed E-state index contributed by atoms with van der Waals surface area (Å²) in [5.74, 6) is 1.73. The largest absolute Gasteiger partial charge is 0.493 e. The highest BCUT2D eigenvalue weighted by Gasteiger charge is 2.53. The summed E-state index contributed by atoms with van der Waals surface area (Å²) in [7, 11) is 3.89. The SMILES string of the molecule is CCCCNC(=S)O[C@@H]1C=C[C@]23CCN(C)Cc4ccc(OC)c(c42)O[C@@H]3C1. The van der Waals surface area contributed by atoms with Crippen molar-refractivity contribution in [2.75, 3.05) is 27.2 Å². The molecule has 0 amide bonds. The molecule has 0 fully saturated rings. The Bertz CT molecular complexity index is 781. The predicted octanol–water partition coefficient (Wildman–Crippen LogP) is 3.55. The zero-order valence-electron chi connectivity index (χ0n) is 17.0. The molecule has 0 saturated carbocycles. The predicted molar refractivity (Wildman–Crippen MR) is 114 cm³/mol. The lowest BCUT2D eigenvalue weighted by atomic mass is 9.69. The first-order valence-corrected chi connectivity index (χ1v) is 10.7. The quantitative estimate of drug-likeness (QED) is 0.462. The zero-order chi connectivity index (χ0) is 19.7. The van der Waals surface area contributed by atoms with Gasteiger partial charge in [0.1, 0.15) is 12.2 Å². The molecule has 0 radical (unpaired) electrons. The van der Waals surface area contributed by atoms with Gasteiger partial charge in [-0.1, -0.05) is 25.5 Å². The van der Waals surface area contributed by atoms with E-state index in [1.807, 2.05) is 6.07 Å². The van der Waals surface area contributed by atoms with Crippen molar-refractivity contribution in [2.24, 2.45) is 0 Å². The lowest BCUT2D eigenvalue weighted by Crippen LogP contribution is -2.44. The first-order chi connectivity index (χ1) is 13.6. The molecule has 0 aromatic heterocycles. The van der Waals surface area contributed by atoms with Crippen LogP contribution in [0.1, 0.15) is 43.7 Å². The monoisotopic (exact) mass is 402 g/mol. The van der Waals surface area contributed by atoms with E-state index in [1.54, 1.807) is 7.11 Å². The van der Waals surface area contributed by atoms with E-state index in [4.69, 9.17) is 26.4 Å². The number of hydrogen-bond donors (Lipinski definition) is 1. The van der Waals surface area contributed by atoms with Gasteiger partial charge >= 0.3 is 0 Å². The van der Waals surface area contributed by atoms with Gasteiger partial charge in [0.2, 0.25) is 0 Å². The maximum Gasteiger partial charge on any atom is 0.257 e. The Morgan fingerprint density at radius 3 is 3.07 bits per heavy atom. The minimum atomic E-state index is -0.110. The molecule has 0 saturated heterocycles. The van der Waals surface area contributed by atoms with E-state index in [1.165, 1.54) is 11.1 Å². The number of methoxy groups -OCH3 is 1. The maximum absolute atomic E-state index is 6.51. The molecule has 152 valence electrons. The highest BCUT2D eigenvalue weighted by molar-refractivity contribution is 7.80. The number of nitrogens with one attached hydrogen (secondary N) is 1. The molecule has 6 heteroatoms. The van der Waals surface area contributed by atoms with E-state index < -0.39 is 0 Å². The van der Waals surface area contributed by atoms with Crippen molar-refractivity contribution in [2.45, 2.75) is 56.8 Å². The average Bonchev–Trinajstić information content (AvgIpc) is 2.94. The number of rotatable bonds is 5. The second-order valence-corrected chi connectivity index (χ2v) is 8.46. The molecule has 0 unspecified atom stereocenters. The van der Waals surface area contributed by atoms with Crippen molar-refractivity contribution >= 4 is 17.4 Å². The third-order valence-electron chi connectivity index (χ3n) is 6.19. The van der Waals surface area contributed by atoms with E-state index in [0.29, 0.717) is 5.17 Å². The van der Waals surface area contributed by atoms with Crippen LogP contribution in [-0.4, -0.2) is 49.5 Å². The summed E-state index contributed by atoms with van der Waals surface area (Å²) in [5, 5.41) is 3.67. The second-order valence-electron chi connectivity index (χ2n) is 8.08. The summed E-state index contributed by atoms with van der Waals surface area (Å²) in [6, 6.07) is 4.22. The molecule has 0 bridgehead atoms. The Labute approximate surface area is 173 Å². The first kappa shape index (κ1) is 19.5. The van der Waals surface area contributed by atoms with Gasteiger partial charge in [-0.3, -0.25) is 0 Å². The molecule has 1 aromatic rings. The van der Waals surface area contributed by atoms with Crippen LogP contribution in [0.2, 0.25) is 0 Å². The number of nitrogens with zero attached hydrogens (tertiary/aromatic N) is 1. The molecular weight excluding hydrogens is 372 g/mol. The Morgan fingerprint density at radius 1 is 1.43 bits per heavy atom. The van der Waals surface area contributed by atoms with Crippen molar-refractivity contribution in [3.05, 3.63) is 35.4 Å². The molecule has 1 aromatic carbocycles. The molecule has 3 aliphatic rings. The van der Waals surface area contributed by atoms with Crippen molar-refractivity contribution in [1.29, 1.82) is 0 Å². The third kappa shape index (κ3) is 3.37. The number of ether oxygens (including phenoxy) is 3. The molecule has 3 atom stereocenters. The zero-order valence-corrected chi connectivity index (χ0v) is 17.8. The first-order valence-electron chi connectivity index (χ1n) is 10.3. The second kappa shape index (κ2) is 7.91. The van der Waals surface area contributed by atoms with Crippen molar-refractivity contribution in [3.63, 3.8) is 0 Å². The standard InChI is InChI=1S/C22H30N2O3S/c1-4-5-11-23-21(28)26-16-8-9-22-10-12-24(2)14-15-6-7-17(25-3)20(19(15)22)27-18(22)13-16/h6-9,16,18H,4-5,10-14H2,1-3H3,(H,23,28)/t16-,18-,22-/m1/s1. The van der Waals surface area contributed by atoms with E-state index in [-0.39, 0.29) is 17.6 Å². The van der Waals surface area contributed by atoms with Gasteiger partial charge in [-0.15, -0.1) is 0 Å². The Kier molecular flexibility index (Phi) is 5.52. The van der Waals surface area contributed by atoms with Crippen LogP contribution >= 0.6 is 12.2 Å². The molecule has 2 heterocycles. The summed E-state index contributed by atoms with van der Waals surface area (Å²) < 4.78 is 18.1. The highest BCUT2D eigenvalue weighted by atomic mass is 32.1. The lowest BCUT2D eigenvalue weighted by molar-refractivity contribution is 0.0867. The highest BCUT2D eigenvalue weighted by Crippen LogP contribution is 2.55. The number of unbranched alkanes of at least 4 members (excludes halogenated alkanes) is 1. The molecular formula is C22H30N2O3S. The third-order valence-corrected chi connectivity index (χ3v) is 6.43. The van der Waals surface area contributed by atoms with Crippen LogP contribution in [0.25, 0.3) is 0 Å². The van der Waals surface area contributed by atoms with E-state index in [9.17, 15) is 0 Å². The van der Waals surface area contributed by atoms with Crippen LogP contribution in [0, 0.1) is 0 Å². The molecule has 5 nitrogen and oxygen atoms in total. The maximum atomic E-state index is 6.51. The minimum Gasteiger partial charge on any atom is -0.493 e. The van der Waals surface area contributed by atoms with Gasteiger partial charge in [0.25, 0.3) is 5.17 Å². The van der Waals surface area contributed by atoms with Gasteiger partial charge < -0.3 is 24.4 Å². The lowest BCUT2D eigenvalue weighted by Gasteiger charge is -2.37. The van der Waals surface area contributed by atoms with Gasteiger partial charge in [-0.2, -0.15) is 0 Å². The van der Waals surface area contributed by atoms with E-state index >= 15 is 0 Å². The fourth-order valence-electron chi connectivity index (χ4n) is 4.70. The number of thiocarbonyl (C=S) groups is 1. The van der Waals surface area contributed by atoms with Crippen molar-refractivity contribution in [1.82, 2.24) is 10.2 Å². The summed E-state index contributed by atoms with van der Waals surface area (Å²) >= 11 is 5.37. The number of hydrogen-bond acceptors (Lipinski definition) is 5. The summed E-state index contributed by atoms with van der Waals surface area (Å²) in [6.07, 6.45) is 8.50. The van der Waals surface area contributed by atoms with Crippen LogP contribution in [0.15, 0.2) is 24.3 Å². The van der Waals surface area contributed by atoms with Crippen LogP contribution in [-0.2, 0) is 16.7 Å². The molecule has 1 aliphatic carbocycles. The van der Waals surface area contributed by atoms with E-state index in [0.717, 1.165) is 56.8 Å². The van der Waals surface area contributed by atoms with Crippen molar-refractivity contribution < 1.29 is 14.2 Å². The van der Waals surface area contributed by atoms with Crippen LogP contribution in [0.4, 0.5) is 0 Å². The van der Waals surface area contributed by atoms with Gasteiger partial charge in [0.05, 0.1) is 12.5 Å². The Hall–Kier alpha value is -1.79. The van der Waals surface area contributed by atoms with Gasteiger partial charge in [-0.05, 0) is 56.4 Å². The smallest absolute Gasteiger partial charge is 0.257 e. The normalized spacial score (nSPS) is 28.0. The average molecular weight is 403 g/mol. The van der Waals surface area contributed by atoms with Crippen LogP contribution < -0.4 is 14.8 Å². The van der Waals surface area contributed by atoms with E-state index in [2.05, 4.69) is 42.4 Å². The molecule has 28 heavy (non-hydrogen) atoms. The molecule has 2 aliphatic heterocycles.